The highest BCUT2D eigenvalue weighted by molar-refractivity contribution is 14.1. The van der Waals surface area contributed by atoms with Gasteiger partial charge in [-0.05, 0) is 47.6 Å². The molecule has 1 amide bonds. The third-order valence-electron chi connectivity index (χ3n) is 3.73. The number of benzene rings is 1. The number of rotatable bonds is 3. The maximum atomic E-state index is 12.2. The van der Waals surface area contributed by atoms with Crippen LogP contribution in [-0.4, -0.2) is 16.1 Å². The molecule has 110 valence electrons. The zero-order valence-electron chi connectivity index (χ0n) is 11.5. The molecule has 21 heavy (non-hydrogen) atoms. The van der Waals surface area contributed by atoms with Gasteiger partial charge in [-0.1, -0.05) is 42.7 Å². The number of hydrogen-bond donors (Lipinski definition) is 1. The molecular formula is C15H16IN3OS. The Morgan fingerprint density at radius 3 is 2.71 bits per heavy atom. The molecule has 1 fully saturated rings. The molecule has 1 aromatic heterocycles. The Bertz CT molecular complexity index is 637. The van der Waals surface area contributed by atoms with Crippen molar-refractivity contribution in [2.45, 2.75) is 38.0 Å². The Labute approximate surface area is 141 Å². The number of amides is 1. The van der Waals surface area contributed by atoms with Gasteiger partial charge >= 0.3 is 0 Å². The number of anilines is 1. The second kappa shape index (κ2) is 6.83. The summed E-state index contributed by atoms with van der Waals surface area (Å²) in [5.41, 5.74) is 0.674. The van der Waals surface area contributed by atoms with Crippen molar-refractivity contribution in [3.63, 3.8) is 0 Å². The van der Waals surface area contributed by atoms with Crippen molar-refractivity contribution in [3.05, 3.63) is 38.4 Å². The maximum absolute atomic E-state index is 12.2. The second-order valence-electron chi connectivity index (χ2n) is 5.21. The molecule has 1 saturated carbocycles. The van der Waals surface area contributed by atoms with E-state index in [2.05, 4.69) is 38.1 Å². The molecule has 1 aliphatic rings. The quantitative estimate of drug-likeness (QED) is 0.757. The molecule has 4 nitrogen and oxygen atoms in total. The third-order valence-corrected chi connectivity index (χ3v) is 5.68. The van der Waals surface area contributed by atoms with Gasteiger partial charge in [-0.15, -0.1) is 10.2 Å². The topological polar surface area (TPSA) is 54.9 Å². The van der Waals surface area contributed by atoms with Crippen LogP contribution in [0.4, 0.5) is 5.13 Å². The van der Waals surface area contributed by atoms with Crippen LogP contribution in [0.15, 0.2) is 24.3 Å². The summed E-state index contributed by atoms with van der Waals surface area (Å²) in [6.07, 6.45) is 6.26. The molecule has 1 N–H and O–H groups in total. The molecule has 1 aromatic carbocycles. The van der Waals surface area contributed by atoms with Crippen molar-refractivity contribution >= 4 is 45.0 Å². The SMILES string of the molecule is O=C(Nc1nnc(C2CCCCC2)s1)c1ccccc1I. The van der Waals surface area contributed by atoms with Crippen molar-refractivity contribution < 1.29 is 4.79 Å². The molecule has 6 heteroatoms. The summed E-state index contributed by atoms with van der Waals surface area (Å²) in [5.74, 6) is 0.408. The Morgan fingerprint density at radius 1 is 1.19 bits per heavy atom. The van der Waals surface area contributed by atoms with E-state index < -0.39 is 0 Å². The van der Waals surface area contributed by atoms with Gasteiger partial charge in [0.2, 0.25) is 5.13 Å². The van der Waals surface area contributed by atoms with Gasteiger partial charge in [-0.2, -0.15) is 0 Å². The fraction of sp³-hybridized carbons (Fsp3) is 0.400. The maximum Gasteiger partial charge on any atom is 0.258 e. The van der Waals surface area contributed by atoms with Crippen LogP contribution >= 0.6 is 33.9 Å². The molecule has 0 saturated heterocycles. The highest BCUT2D eigenvalue weighted by atomic mass is 127. The van der Waals surface area contributed by atoms with E-state index in [1.165, 1.54) is 43.4 Å². The lowest BCUT2D eigenvalue weighted by Crippen LogP contribution is -2.13. The molecule has 0 atom stereocenters. The van der Waals surface area contributed by atoms with Gasteiger partial charge in [0, 0.05) is 9.49 Å². The van der Waals surface area contributed by atoms with Crippen molar-refractivity contribution in [3.8, 4) is 0 Å². The van der Waals surface area contributed by atoms with Gasteiger partial charge in [-0.25, -0.2) is 0 Å². The molecule has 3 rings (SSSR count). The lowest BCUT2D eigenvalue weighted by Gasteiger charge is -2.18. The van der Waals surface area contributed by atoms with E-state index in [1.54, 1.807) is 0 Å². The Morgan fingerprint density at radius 2 is 1.95 bits per heavy atom. The number of nitrogens with zero attached hydrogens (tertiary/aromatic N) is 2. The first-order valence-corrected chi connectivity index (χ1v) is 9.03. The van der Waals surface area contributed by atoms with Crippen molar-refractivity contribution in [1.82, 2.24) is 10.2 Å². The monoisotopic (exact) mass is 413 g/mol. The van der Waals surface area contributed by atoms with Crippen LogP contribution in [0.2, 0.25) is 0 Å². The second-order valence-corrected chi connectivity index (χ2v) is 7.39. The Hall–Kier alpha value is -1.02. The van der Waals surface area contributed by atoms with Crippen molar-refractivity contribution in [2.75, 3.05) is 5.32 Å². The van der Waals surface area contributed by atoms with Gasteiger partial charge < -0.3 is 0 Å². The van der Waals surface area contributed by atoms with Gasteiger partial charge in [-0.3, -0.25) is 10.1 Å². The largest absolute Gasteiger partial charge is 0.296 e. The first-order valence-electron chi connectivity index (χ1n) is 7.13. The molecule has 1 aliphatic carbocycles. The Balaban J connectivity index is 1.69. The molecule has 0 spiro atoms. The van der Waals surface area contributed by atoms with E-state index in [9.17, 15) is 4.79 Å². The summed E-state index contributed by atoms with van der Waals surface area (Å²) in [7, 11) is 0. The van der Waals surface area contributed by atoms with Gasteiger partial charge in [0.05, 0.1) is 5.56 Å². The average molecular weight is 413 g/mol. The first-order chi connectivity index (χ1) is 10.2. The van der Waals surface area contributed by atoms with E-state index in [-0.39, 0.29) is 5.91 Å². The molecule has 1 heterocycles. The fourth-order valence-corrected chi connectivity index (χ4v) is 4.15. The number of nitrogens with one attached hydrogen (secondary N) is 1. The van der Waals surface area contributed by atoms with Gasteiger partial charge in [0.25, 0.3) is 5.91 Å². The van der Waals surface area contributed by atoms with Crippen molar-refractivity contribution in [1.29, 1.82) is 0 Å². The van der Waals surface area contributed by atoms with Gasteiger partial charge in [0.1, 0.15) is 5.01 Å². The van der Waals surface area contributed by atoms with E-state index >= 15 is 0 Å². The minimum absolute atomic E-state index is 0.119. The Kier molecular flexibility index (Phi) is 4.84. The lowest BCUT2D eigenvalue weighted by atomic mass is 9.90. The van der Waals surface area contributed by atoms with E-state index in [0.717, 1.165) is 8.58 Å². The number of carbonyl (C=O) groups excluding carboxylic acids is 1. The summed E-state index contributed by atoms with van der Waals surface area (Å²) in [5, 5.41) is 12.9. The summed E-state index contributed by atoms with van der Waals surface area (Å²) in [6, 6.07) is 7.53. The van der Waals surface area contributed by atoms with Crippen LogP contribution in [0.5, 0.6) is 0 Å². The van der Waals surface area contributed by atoms with E-state index in [1.807, 2.05) is 24.3 Å². The van der Waals surface area contributed by atoms with Crippen LogP contribution < -0.4 is 5.32 Å². The molecule has 2 aromatic rings. The smallest absolute Gasteiger partial charge is 0.258 e. The van der Waals surface area contributed by atoms with Crippen molar-refractivity contribution in [2.24, 2.45) is 0 Å². The summed E-state index contributed by atoms with van der Waals surface area (Å²) in [6.45, 7) is 0. The molecule has 0 aliphatic heterocycles. The first kappa shape index (κ1) is 14.9. The van der Waals surface area contributed by atoms with E-state index in [4.69, 9.17) is 0 Å². The molecular weight excluding hydrogens is 397 g/mol. The standard InChI is InChI=1S/C15H16IN3OS/c16-12-9-5-4-8-11(12)13(20)17-15-19-18-14(21-15)10-6-2-1-3-7-10/h4-5,8-10H,1-3,6-7H2,(H,17,19,20). The number of carbonyl (C=O) groups is 1. The zero-order valence-corrected chi connectivity index (χ0v) is 14.5. The fourth-order valence-electron chi connectivity index (χ4n) is 2.61. The van der Waals surface area contributed by atoms with Crippen LogP contribution in [0.3, 0.4) is 0 Å². The number of hydrogen-bond acceptors (Lipinski definition) is 4. The molecule has 0 unspecified atom stereocenters. The average Bonchev–Trinajstić information content (AvgIpc) is 2.97. The molecule has 0 radical (unpaired) electrons. The number of aromatic nitrogens is 2. The van der Waals surface area contributed by atoms with Crippen LogP contribution in [0.25, 0.3) is 0 Å². The normalized spacial score (nSPS) is 15.9. The van der Waals surface area contributed by atoms with Crippen LogP contribution in [0, 0.1) is 3.57 Å². The summed E-state index contributed by atoms with van der Waals surface area (Å²) < 4.78 is 0.935. The number of halogens is 1. The minimum Gasteiger partial charge on any atom is -0.296 e. The predicted octanol–water partition coefficient (Wildman–Crippen LogP) is 4.44. The molecule has 0 bridgehead atoms. The highest BCUT2D eigenvalue weighted by Crippen LogP contribution is 2.35. The summed E-state index contributed by atoms with van der Waals surface area (Å²) in [4.78, 5) is 12.2. The lowest BCUT2D eigenvalue weighted by molar-refractivity contribution is 0.102. The zero-order chi connectivity index (χ0) is 14.7. The predicted molar refractivity (Wildman–Crippen MR) is 92.8 cm³/mol. The highest BCUT2D eigenvalue weighted by Gasteiger charge is 2.20. The third kappa shape index (κ3) is 3.60. The van der Waals surface area contributed by atoms with E-state index in [0.29, 0.717) is 16.6 Å². The minimum atomic E-state index is -0.119. The van der Waals surface area contributed by atoms with Crippen LogP contribution in [-0.2, 0) is 0 Å². The van der Waals surface area contributed by atoms with Gasteiger partial charge in [0.15, 0.2) is 0 Å². The van der Waals surface area contributed by atoms with Crippen LogP contribution in [0.1, 0.15) is 53.4 Å². The summed E-state index contributed by atoms with van der Waals surface area (Å²) >= 11 is 3.68.